The van der Waals surface area contributed by atoms with Gasteiger partial charge in [-0.3, -0.25) is 0 Å². The molecule has 0 aliphatic heterocycles. The summed E-state index contributed by atoms with van der Waals surface area (Å²) in [7, 11) is -1.81. The molecule has 0 aromatic heterocycles. The van der Waals surface area contributed by atoms with Crippen LogP contribution in [0.2, 0.25) is 0 Å². The van der Waals surface area contributed by atoms with Crippen LogP contribution in [0.1, 0.15) is 13.8 Å². The van der Waals surface area contributed by atoms with Gasteiger partial charge in [-0.15, -0.1) is 0 Å². The Morgan fingerprint density at radius 1 is 1.32 bits per heavy atom. The van der Waals surface area contributed by atoms with Gasteiger partial charge in [0.15, 0.2) is 0 Å². The Morgan fingerprint density at radius 2 is 2.00 bits per heavy atom. The monoisotopic (exact) mass is 287 g/mol. The first-order chi connectivity index (χ1) is 8.82. The Balaban J connectivity index is 2.66. The molecule has 0 spiro atoms. The standard InChI is InChI=1S/C12H21N3O3S/c1-9(2)18-12-7-10(13)6-11(8-12)15-4-5-19(16,17)14-3/h6-9,14-15H,4-5,13H2,1-3H3. The van der Waals surface area contributed by atoms with E-state index in [0.29, 0.717) is 18.0 Å². The molecule has 0 radical (unpaired) electrons. The molecule has 1 aromatic carbocycles. The number of nitrogens with two attached hydrogens (primary N) is 1. The summed E-state index contributed by atoms with van der Waals surface area (Å²) in [6.45, 7) is 4.15. The predicted octanol–water partition coefficient (Wildman–Crippen LogP) is 1.02. The predicted molar refractivity (Wildman–Crippen MR) is 78.0 cm³/mol. The molecule has 0 unspecified atom stereocenters. The SMILES string of the molecule is CNS(=O)(=O)CCNc1cc(N)cc(OC(C)C)c1. The minimum atomic E-state index is -3.20. The maximum Gasteiger partial charge on any atom is 0.213 e. The number of sulfonamides is 1. The van der Waals surface area contributed by atoms with Crippen LogP contribution in [0.25, 0.3) is 0 Å². The maximum atomic E-state index is 11.3. The van der Waals surface area contributed by atoms with Gasteiger partial charge in [0.25, 0.3) is 0 Å². The van der Waals surface area contributed by atoms with Crippen molar-refractivity contribution in [1.29, 1.82) is 0 Å². The smallest absolute Gasteiger partial charge is 0.213 e. The second-order valence-corrected chi connectivity index (χ2v) is 6.45. The molecule has 7 heteroatoms. The van der Waals surface area contributed by atoms with Crippen LogP contribution in [-0.2, 0) is 10.0 Å². The van der Waals surface area contributed by atoms with Crippen LogP contribution in [0.4, 0.5) is 11.4 Å². The summed E-state index contributed by atoms with van der Waals surface area (Å²) in [5.74, 6) is 0.660. The highest BCUT2D eigenvalue weighted by molar-refractivity contribution is 7.89. The lowest BCUT2D eigenvalue weighted by atomic mass is 10.2. The number of nitrogen functional groups attached to an aromatic ring is 1. The zero-order valence-corrected chi connectivity index (χ0v) is 12.3. The summed E-state index contributed by atoms with van der Waals surface area (Å²) in [6, 6.07) is 5.26. The summed E-state index contributed by atoms with van der Waals surface area (Å²) in [5, 5.41) is 3.01. The van der Waals surface area contributed by atoms with Gasteiger partial charge in [-0.05, 0) is 27.0 Å². The van der Waals surface area contributed by atoms with Crippen molar-refractivity contribution in [3.63, 3.8) is 0 Å². The van der Waals surface area contributed by atoms with Gasteiger partial charge in [0.1, 0.15) is 5.75 Å². The molecule has 0 fully saturated rings. The van der Waals surface area contributed by atoms with E-state index in [1.54, 1.807) is 18.2 Å². The lowest BCUT2D eigenvalue weighted by Gasteiger charge is -2.13. The first kappa shape index (κ1) is 15.6. The third-order valence-electron chi connectivity index (χ3n) is 2.31. The van der Waals surface area contributed by atoms with Gasteiger partial charge < -0.3 is 15.8 Å². The van der Waals surface area contributed by atoms with Crippen LogP contribution in [-0.4, -0.2) is 33.9 Å². The Labute approximate surface area is 114 Å². The fraction of sp³-hybridized carbons (Fsp3) is 0.500. The third kappa shape index (κ3) is 5.80. The Hall–Kier alpha value is -1.47. The van der Waals surface area contributed by atoms with E-state index in [4.69, 9.17) is 10.5 Å². The van der Waals surface area contributed by atoms with E-state index in [9.17, 15) is 8.42 Å². The van der Waals surface area contributed by atoms with Crippen molar-refractivity contribution in [2.24, 2.45) is 0 Å². The Bertz CT molecular complexity index is 515. The highest BCUT2D eigenvalue weighted by atomic mass is 32.2. The van der Waals surface area contributed by atoms with Gasteiger partial charge in [0.2, 0.25) is 10.0 Å². The van der Waals surface area contributed by atoms with Crippen molar-refractivity contribution in [3.8, 4) is 5.75 Å². The van der Waals surface area contributed by atoms with Crippen molar-refractivity contribution in [1.82, 2.24) is 4.72 Å². The molecule has 0 bridgehead atoms. The molecule has 1 rings (SSSR count). The molecule has 4 N–H and O–H groups in total. The summed E-state index contributed by atoms with van der Waals surface area (Å²) in [6.07, 6.45) is 0.0549. The molecule has 0 aliphatic rings. The molecular weight excluding hydrogens is 266 g/mol. The number of nitrogens with one attached hydrogen (secondary N) is 2. The van der Waals surface area contributed by atoms with E-state index < -0.39 is 10.0 Å². The quantitative estimate of drug-likeness (QED) is 0.651. The van der Waals surface area contributed by atoms with E-state index in [2.05, 4.69) is 10.0 Å². The number of hydrogen-bond acceptors (Lipinski definition) is 5. The average molecular weight is 287 g/mol. The van der Waals surface area contributed by atoms with Crippen LogP contribution >= 0.6 is 0 Å². The average Bonchev–Trinajstić information content (AvgIpc) is 2.27. The van der Waals surface area contributed by atoms with Gasteiger partial charge in [-0.1, -0.05) is 0 Å². The minimum Gasteiger partial charge on any atom is -0.491 e. The molecule has 0 atom stereocenters. The fourth-order valence-corrected chi connectivity index (χ4v) is 2.07. The first-order valence-corrected chi connectivity index (χ1v) is 7.70. The van der Waals surface area contributed by atoms with Gasteiger partial charge >= 0.3 is 0 Å². The normalized spacial score (nSPS) is 11.6. The molecule has 6 nitrogen and oxygen atoms in total. The van der Waals surface area contributed by atoms with Crippen molar-refractivity contribution < 1.29 is 13.2 Å². The first-order valence-electron chi connectivity index (χ1n) is 6.04. The van der Waals surface area contributed by atoms with Crippen LogP contribution in [0, 0.1) is 0 Å². The summed E-state index contributed by atoms with van der Waals surface area (Å²) < 4.78 is 30.3. The van der Waals surface area contributed by atoms with Crippen molar-refractivity contribution in [2.75, 3.05) is 30.4 Å². The maximum absolute atomic E-state index is 11.3. The zero-order valence-electron chi connectivity index (χ0n) is 11.4. The fourth-order valence-electron chi connectivity index (χ4n) is 1.50. The lowest BCUT2D eigenvalue weighted by Crippen LogP contribution is -2.26. The van der Waals surface area contributed by atoms with Crippen LogP contribution in [0.5, 0.6) is 5.75 Å². The molecule has 19 heavy (non-hydrogen) atoms. The number of benzene rings is 1. The number of rotatable bonds is 7. The molecule has 0 heterocycles. The van der Waals surface area contributed by atoms with Crippen molar-refractivity contribution in [3.05, 3.63) is 18.2 Å². The summed E-state index contributed by atoms with van der Waals surface area (Å²) in [4.78, 5) is 0. The van der Waals surface area contributed by atoms with Crippen LogP contribution in [0.3, 0.4) is 0 Å². The number of anilines is 2. The van der Waals surface area contributed by atoms with E-state index >= 15 is 0 Å². The molecule has 1 aromatic rings. The van der Waals surface area contributed by atoms with Crippen LogP contribution < -0.4 is 20.5 Å². The molecule has 0 aliphatic carbocycles. The zero-order chi connectivity index (χ0) is 14.5. The summed E-state index contributed by atoms with van der Waals surface area (Å²) >= 11 is 0. The number of ether oxygens (including phenoxy) is 1. The van der Waals surface area contributed by atoms with Gasteiger partial charge in [-0.25, -0.2) is 13.1 Å². The molecule has 0 amide bonds. The largest absolute Gasteiger partial charge is 0.491 e. The second-order valence-electron chi connectivity index (χ2n) is 4.41. The van der Waals surface area contributed by atoms with Gasteiger partial charge in [0, 0.05) is 30.1 Å². The van der Waals surface area contributed by atoms with Gasteiger partial charge in [-0.2, -0.15) is 0 Å². The highest BCUT2D eigenvalue weighted by Crippen LogP contribution is 2.23. The minimum absolute atomic E-state index is 0.00132. The Kier molecular flexibility index (Phi) is 5.44. The molecular formula is C12H21N3O3S. The van der Waals surface area contributed by atoms with Crippen molar-refractivity contribution >= 4 is 21.4 Å². The third-order valence-corrected chi connectivity index (χ3v) is 3.68. The van der Waals surface area contributed by atoms with Crippen molar-refractivity contribution in [2.45, 2.75) is 20.0 Å². The van der Waals surface area contributed by atoms with E-state index in [0.717, 1.165) is 5.69 Å². The van der Waals surface area contributed by atoms with E-state index in [1.165, 1.54) is 7.05 Å². The highest BCUT2D eigenvalue weighted by Gasteiger charge is 2.07. The second kappa shape index (κ2) is 6.63. The van der Waals surface area contributed by atoms with E-state index in [1.807, 2.05) is 13.8 Å². The summed E-state index contributed by atoms with van der Waals surface area (Å²) in [5.41, 5.74) is 7.07. The molecule has 108 valence electrons. The van der Waals surface area contributed by atoms with Crippen LogP contribution in [0.15, 0.2) is 18.2 Å². The molecule has 0 saturated heterocycles. The van der Waals surface area contributed by atoms with Gasteiger partial charge in [0.05, 0.1) is 11.9 Å². The lowest BCUT2D eigenvalue weighted by molar-refractivity contribution is 0.242. The number of hydrogen-bond donors (Lipinski definition) is 3. The van der Waals surface area contributed by atoms with E-state index in [-0.39, 0.29) is 11.9 Å². The molecule has 0 saturated carbocycles. The Morgan fingerprint density at radius 3 is 2.58 bits per heavy atom. The topological polar surface area (TPSA) is 93.5 Å².